The number of nitrogens with zero attached hydrogens (tertiary/aromatic N) is 4. The molecule has 0 fully saturated rings. The quantitative estimate of drug-likeness (QED) is 0.244. The number of fused-ring (bicyclic) bond motifs is 1. The van der Waals surface area contributed by atoms with Crippen LogP contribution in [0, 0.1) is 5.82 Å². The number of pyridine rings is 1. The van der Waals surface area contributed by atoms with Crippen LogP contribution in [0.1, 0.15) is 50.9 Å². The summed E-state index contributed by atoms with van der Waals surface area (Å²) in [7, 11) is 1.32. The molecule has 0 radical (unpaired) electrons. The summed E-state index contributed by atoms with van der Waals surface area (Å²) in [5, 5.41) is 3.22. The number of methoxy groups -OCH3 is 1. The molecule has 3 aromatic rings. The van der Waals surface area contributed by atoms with Gasteiger partial charge < -0.3 is 24.1 Å². The van der Waals surface area contributed by atoms with E-state index >= 15 is 0 Å². The maximum atomic E-state index is 14.2. The van der Waals surface area contributed by atoms with Crippen molar-refractivity contribution in [2.45, 2.75) is 63.1 Å². The largest absolute Gasteiger partial charge is 0.492 e. The molecule has 0 bridgehead atoms. The van der Waals surface area contributed by atoms with Crippen molar-refractivity contribution >= 4 is 29.9 Å². The van der Waals surface area contributed by atoms with Crippen molar-refractivity contribution < 1.29 is 33.0 Å². The van der Waals surface area contributed by atoms with Gasteiger partial charge in [-0.1, -0.05) is 6.07 Å². The number of carbonyl (C=O) groups excluding carboxylic acids is 3. The van der Waals surface area contributed by atoms with Crippen LogP contribution in [0.25, 0.3) is 0 Å². The highest BCUT2D eigenvalue weighted by atomic mass is 32.2. The SMILES string of the molecule is COc1c(F)cccc1SNC(=O)C1=C(NCc2ccncc2OCC2CCn3ccnc32)CCN(C(=O)OC(C)(C)C)C1=O. The summed E-state index contributed by atoms with van der Waals surface area (Å²) in [5.41, 5.74) is -0.00482. The van der Waals surface area contributed by atoms with E-state index in [4.69, 9.17) is 14.2 Å². The normalized spacial score (nSPS) is 16.3. The Morgan fingerprint density at radius 2 is 2.00 bits per heavy atom. The molecule has 0 saturated heterocycles. The van der Waals surface area contributed by atoms with Gasteiger partial charge in [0.1, 0.15) is 22.7 Å². The number of aromatic nitrogens is 3. The summed E-state index contributed by atoms with van der Waals surface area (Å²) < 4.78 is 35.6. The third-order valence-corrected chi connectivity index (χ3v) is 8.04. The molecular weight excluding hydrogens is 603 g/mol. The van der Waals surface area contributed by atoms with E-state index in [0.29, 0.717) is 22.9 Å². The highest BCUT2D eigenvalue weighted by Gasteiger charge is 2.37. The van der Waals surface area contributed by atoms with E-state index in [1.165, 1.54) is 19.2 Å². The van der Waals surface area contributed by atoms with Crippen molar-refractivity contribution in [1.29, 1.82) is 0 Å². The maximum absolute atomic E-state index is 14.2. The Morgan fingerprint density at radius 3 is 2.78 bits per heavy atom. The average molecular weight is 639 g/mol. The van der Waals surface area contributed by atoms with Gasteiger partial charge in [-0.3, -0.25) is 19.3 Å². The van der Waals surface area contributed by atoms with Crippen LogP contribution in [0.5, 0.6) is 11.5 Å². The molecule has 238 valence electrons. The van der Waals surface area contributed by atoms with Crippen LogP contribution in [0.15, 0.2) is 65.2 Å². The van der Waals surface area contributed by atoms with E-state index in [1.807, 2.05) is 6.20 Å². The van der Waals surface area contributed by atoms with Crippen molar-refractivity contribution in [3.05, 3.63) is 77.5 Å². The fourth-order valence-electron chi connectivity index (χ4n) is 5.06. The molecule has 0 spiro atoms. The number of ether oxygens (including phenoxy) is 3. The number of imide groups is 1. The molecule has 5 rings (SSSR count). The summed E-state index contributed by atoms with van der Waals surface area (Å²) >= 11 is 0.794. The van der Waals surface area contributed by atoms with E-state index < -0.39 is 29.3 Å². The third-order valence-electron chi connectivity index (χ3n) is 7.21. The van der Waals surface area contributed by atoms with Crippen molar-refractivity contribution in [3.8, 4) is 11.5 Å². The fraction of sp³-hybridized carbons (Fsp3) is 0.387. The van der Waals surface area contributed by atoms with Crippen LogP contribution >= 0.6 is 11.9 Å². The minimum atomic E-state index is -0.853. The highest BCUT2D eigenvalue weighted by molar-refractivity contribution is 7.98. The number of aryl methyl sites for hydroxylation is 1. The Morgan fingerprint density at radius 1 is 1.18 bits per heavy atom. The summed E-state index contributed by atoms with van der Waals surface area (Å²) in [6, 6.07) is 6.07. The van der Waals surface area contributed by atoms with Crippen LogP contribution < -0.4 is 19.5 Å². The molecule has 3 amide bonds. The molecular formula is C31H35FN6O6S. The van der Waals surface area contributed by atoms with Gasteiger partial charge in [-0.15, -0.1) is 0 Å². The van der Waals surface area contributed by atoms with E-state index in [1.54, 1.807) is 51.5 Å². The first-order valence-corrected chi connectivity index (χ1v) is 15.3. The standard InChI is InChI=1S/C31H35FN6O6S/c1-31(2,3)44-30(41)38-14-10-22(25(29(38)40)28(39)36-45-24-7-5-6-21(32)26(24)42-4)35-16-19-8-11-33-17-23(19)43-18-20-9-13-37-15-12-34-27(20)37/h5-8,11-12,15,17,20,35H,9-10,13-14,16,18H2,1-4H3,(H,36,39). The van der Waals surface area contributed by atoms with Gasteiger partial charge in [-0.25, -0.2) is 19.1 Å². The Balaban J connectivity index is 1.35. The Bertz CT molecular complexity index is 1620. The predicted octanol–water partition coefficient (Wildman–Crippen LogP) is 4.33. The van der Waals surface area contributed by atoms with Crippen LogP contribution in [-0.4, -0.2) is 63.2 Å². The molecule has 2 aliphatic rings. The van der Waals surface area contributed by atoms with Gasteiger partial charge >= 0.3 is 6.09 Å². The topological polar surface area (TPSA) is 137 Å². The first-order chi connectivity index (χ1) is 21.6. The van der Waals surface area contributed by atoms with Gasteiger partial charge in [-0.05, 0) is 57.3 Å². The molecule has 1 atom stereocenters. The summed E-state index contributed by atoms with van der Waals surface area (Å²) in [6.45, 7) is 6.61. The maximum Gasteiger partial charge on any atom is 0.417 e. The van der Waals surface area contributed by atoms with Crippen molar-refractivity contribution in [3.63, 3.8) is 0 Å². The molecule has 0 saturated carbocycles. The fourth-order valence-corrected chi connectivity index (χ4v) is 5.79. The molecule has 12 nitrogen and oxygen atoms in total. The zero-order chi connectivity index (χ0) is 32.1. The van der Waals surface area contributed by atoms with Crippen LogP contribution in [0.2, 0.25) is 0 Å². The number of imidazole rings is 1. The third kappa shape index (κ3) is 7.39. The Hall–Kier alpha value is -4.59. The molecule has 1 aromatic carbocycles. The zero-order valence-electron chi connectivity index (χ0n) is 25.5. The number of benzene rings is 1. The second kappa shape index (κ2) is 13.6. The Kier molecular flexibility index (Phi) is 9.61. The molecule has 1 unspecified atom stereocenters. The smallest absolute Gasteiger partial charge is 0.417 e. The number of hydrogen-bond acceptors (Lipinski definition) is 10. The first-order valence-electron chi connectivity index (χ1n) is 14.4. The van der Waals surface area contributed by atoms with E-state index in [-0.39, 0.29) is 36.8 Å². The average Bonchev–Trinajstić information content (AvgIpc) is 3.62. The second-order valence-corrected chi connectivity index (χ2v) is 12.3. The van der Waals surface area contributed by atoms with Crippen LogP contribution in [-0.2, 0) is 27.4 Å². The molecule has 45 heavy (non-hydrogen) atoms. The molecule has 2 aliphatic heterocycles. The molecule has 14 heteroatoms. The lowest BCUT2D eigenvalue weighted by Gasteiger charge is -2.31. The molecule has 0 aliphatic carbocycles. The van der Waals surface area contributed by atoms with Gasteiger partial charge in [0.2, 0.25) is 0 Å². The van der Waals surface area contributed by atoms with Crippen LogP contribution in [0.3, 0.4) is 0 Å². The summed E-state index contributed by atoms with van der Waals surface area (Å²) in [4.78, 5) is 49.9. The number of halogens is 1. The Labute approximate surface area is 264 Å². The number of amides is 3. The first kappa shape index (κ1) is 31.8. The van der Waals surface area contributed by atoms with E-state index in [2.05, 4.69) is 24.6 Å². The van der Waals surface area contributed by atoms with Crippen LogP contribution in [0.4, 0.5) is 9.18 Å². The van der Waals surface area contributed by atoms with Gasteiger partial charge in [0.15, 0.2) is 11.6 Å². The second-order valence-electron chi connectivity index (χ2n) is 11.5. The lowest BCUT2D eigenvalue weighted by molar-refractivity contribution is -0.130. The monoisotopic (exact) mass is 638 g/mol. The minimum Gasteiger partial charge on any atom is -0.492 e. The van der Waals surface area contributed by atoms with Crippen molar-refractivity contribution in [1.82, 2.24) is 29.5 Å². The molecule has 4 heterocycles. The minimum absolute atomic E-state index is 0.00571. The van der Waals surface area contributed by atoms with Gasteiger partial charge in [-0.2, -0.15) is 0 Å². The van der Waals surface area contributed by atoms with Gasteiger partial charge in [0, 0.05) is 55.9 Å². The van der Waals surface area contributed by atoms with E-state index in [0.717, 1.165) is 41.2 Å². The van der Waals surface area contributed by atoms with Gasteiger partial charge in [0.05, 0.1) is 30.7 Å². The molecule has 2 aromatic heterocycles. The van der Waals surface area contributed by atoms with Gasteiger partial charge in [0.25, 0.3) is 11.8 Å². The lowest BCUT2D eigenvalue weighted by Crippen LogP contribution is -2.48. The summed E-state index contributed by atoms with van der Waals surface area (Å²) in [6.07, 6.45) is 7.25. The zero-order valence-corrected chi connectivity index (χ0v) is 26.3. The van der Waals surface area contributed by atoms with Crippen molar-refractivity contribution in [2.75, 3.05) is 20.3 Å². The predicted molar refractivity (Wildman–Crippen MR) is 163 cm³/mol. The number of rotatable bonds is 10. The number of hydrogen-bond donors (Lipinski definition) is 2. The number of carbonyl (C=O) groups is 3. The van der Waals surface area contributed by atoms with Crippen molar-refractivity contribution in [2.24, 2.45) is 0 Å². The molecule has 2 N–H and O–H groups in total. The number of para-hydroxylation sites is 1. The lowest BCUT2D eigenvalue weighted by atomic mass is 10.0. The number of nitrogens with one attached hydrogen (secondary N) is 2. The van der Waals surface area contributed by atoms with E-state index in [9.17, 15) is 18.8 Å². The highest BCUT2D eigenvalue weighted by Crippen LogP contribution is 2.31. The summed E-state index contributed by atoms with van der Waals surface area (Å²) in [5.74, 6) is -0.525.